The number of nitrogens with one attached hydrogen (secondary N) is 1. The van der Waals surface area contributed by atoms with Gasteiger partial charge in [-0.15, -0.1) is 0 Å². The summed E-state index contributed by atoms with van der Waals surface area (Å²) in [5, 5.41) is 12.1. The minimum absolute atomic E-state index is 0.0503. The standard InChI is InChI=1S/C13H19NO4/c1-12(2)8(7-3-6-18-9(7)12)14-10(15)13(4-5-13)11(16)17/h7-9H,3-6H2,1-2H3,(H,14,15)(H,16,17)/t7-,8-,9-/m1/s1. The van der Waals surface area contributed by atoms with Gasteiger partial charge in [0.15, 0.2) is 0 Å². The quantitative estimate of drug-likeness (QED) is 0.729. The maximum absolute atomic E-state index is 12.1. The minimum Gasteiger partial charge on any atom is -0.480 e. The first-order valence-corrected chi connectivity index (χ1v) is 6.55. The van der Waals surface area contributed by atoms with E-state index in [1.807, 2.05) is 0 Å². The average molecular weight is 253 g/mol. The van der Waals surface area contributed by atoms with Crippen molar-refractivity contribution in [3.05, 3.63) is 0 Å². The van der Waals surface area contributed by atoms with Crippen molar-refractivity contribution >= 4 is 11.9 Å². The summed E-state index contributed by atoms with van der Waals surface area (Å²) >= 11 is 0. The van der Waals surface area contributed by atoms with Crippen LogP contribution in [0.3, 0.4) is 0 Å². The molecular weight excluding hydrogens is 234 g/mol. The SMILES string of the molecule is CC1(C)[C@H](NC(=O)C2(C(=O)O)CC2)[C@H]2CCO[C@H]21. The smallest absolute Gasteiger partial charge is 0.319 e. The molecule has 100 valence electrons. The molecule has 5 heteroatoms. The molecule has 5 nitrogen and oxygen atoms in total. The zero-order chi connectivity index (χ0) is 13.1. The van der Waals surface area contributed by atoms with Gasteiger partial charge >= 0.3 is 5.97 Å². The molecule has 18 heavy (non-hydrogen) atoms. The molecule has 2 aliphatic carbocycles. The largest absolute Gasteiger partial charge is 0.480 e. The second-order valence-electron chi connectivity index (χ2n) is 6.40. The number of ether oxygens (including phenoxy) is 1. The molecule has 2 N–H and O–H groups in total. The van der Waals surface area contributed by atoms with Crippen LogP contribution in [-0.4, -0.2) is 35.7 Å². The maximum atomic E-state index is 12.1. The minimum atomic E-state index is -1.14. The maximum Gasteiger partial charge on any atom is 0.319 e. The van der Waals surface area contributed by atoms with Crippen molar-refractivity contribution in [1.29, 1.82) is 0 Å². The fourth-order valence-electron chi connectivity index (χ4n) is 3.56. The summed E-state index contributed by atoms with van der Waals surface area (Å²) in [6.45, 7) is 4.89. The highest BCUT2D eigenvalue weighted by atomic mass is 16.5. The first-order valence-electron chi connectivity index (χ1n) is 6.55. The van der Waals surface area contributed by atoms with Gasteiger partial charge in [0, 0.05) is 24.0 Å². The molecule has 3 aliphatic rings. The number of carboxylic acid groups (broad SMARTS) is 1. The van der Waals surface area contributed by atoms with E-state index in [9.17, 15) is 9.59 Å². The molecule has 3 rings (SSSR count). The highest BCUT2D eigenvalue weighted by Crippen LogP contribution is 2.53. The van der Waals surface area contributed by atoms with Gasteiger partial charge < -0.3 is 15.2 Å². The van der Waals surface area contributed by atoms with Gasteiger partial charge in [0.05, 0.1) is 6.10 Å². The van der Waals surface area contributed by atoms with Crippen molar-refractivity contribution in [1.82, 2.24) is 5.32 Å². The number of amides is 1. The van der Waals surface area contributed by atoms with Crippen LogP contribution in [-0.2, 0) is 14.3 Å². The van der Waals surface area contributed by atoms with Gasteiger partial charge in [-0.2, -0.15) is 0 Å². The highest BCUT2D eigenvalue weighted by molar-refractivity contribution is 6.05. The number of hydrogen-bond acceptors (Lipinski definition) is 3. The Kier molecular flexibility index (Phi) is 2.31. The molecule has 0 unspecified atom stereocenters. The number of hydrogen-bond donors (Lipinski definition) is 2. The molecule has 0 aromatic rings. The lowest BCUT2D eigenvalue weighted by Gasteiger charge is -2.54. The zero-order valence-electron chi connectivity index (χ0n) is 10.7. The lowest BCUT2D eigenvalue weighted by molar-refractivity contribution is -0.154. The molecule has 3 fully saturated rings. The molecule has 0 spiro atoms. The van der Waals surface area contributed by atoms with Crippen LogP contribution >= 0.6 is 0 Å². The first kappa shape index (κ1) is 12.0. The van der Waals surface area contributed by atoms with Gasteiger partial charge in [0.1, 0.15) is 5.41 Å². The van der Waals surface area contributed by atoms with Crippen LogP contribution in [0.15, 0.2) is 0 Å². The molecule has 0 aromatic heterocycles. The van der Waals surface area contributed by atoms with E-state index >= 15 is 0 Å². The van der Waals surface area contributed by atoms with Gasteiger partial charge in [-0.25, -0.2) is 0 Å². The number of rotatable bonds is 3. The molecule has 1 aliphatic heterocycles. The van der Waals surface area contributed by atoms with Crippen molar-refractivity contribution in [3.63, 3.8) is 0 Å². The Morgan fingerprint density at radius 1 is 1.33 bits per heavy atom. The Bertz CT molecular complexity index is 413. The Morgan fingerprint density at radius 3 is 2.56 bits per heavy atom. The monoisotopic (exact) mass is 253 g/mol. The van der Waals surface area contributed by atoms with Gasteiger partial charge in [0.2, 0.25) is 5.91 Å². The lowest BCUT2D eigenvalue weighted by Crippen LogP contribution is -2.67. The Morgan fingerprint density at radius 2 is 2.00 bits per heavy atom. The fraction of sp³-hybridized carbons (Fsp3) is 0.846. The summed E-state index contributed by atoms with van der Waals surface area (Å²) in [5.41, 5.74) is -1.23. The van der Waals surface area contributed by atoms with E-state index in [1.165, 1.54) is 0 Å². The lowest BCUT2D eigenvalue weighted by atomic mass is 9.57. The van der Waals surface area contributed by atoms with E-state index in [1.54, 1.807) is 0 Å². The van der Waals surface area contributed by atoms with E-state index < -0.39 is 11.4 Å². The molecule has 0 bridgehead atoms. The zero-order valence-corrected chi connectivity index (χ0v) is 10.7. The summed E-state index contributed by atoms with van der Waals surface area (Å²) in [6.07, 6.45) is 2.10. The van der Waals surface area contributed by atoms with E-state index in [0.29, 0.717) is 18.8 Å². The van der Waals surface area contributed by atoms with Crippen molar-refractivity contribution < 1.29 is 19.4 Å². The van der Waals surface area contributed by atoms with Crippen LogP contribution in [0.5, 0.6) is 0 Å². The van der Waals surface area contributed by atoms with Crippen molar-refractivity contribution in [2.24, 2.45) is 16.7 Å². The van der Waals surface area contributed by atoms with Gasteiger partial charge in [-0.3, -0.25) is 9.59 Å². The molecular formula is C13H19NO4. The predicted molar refractivity (Wildman–Crippen MR) is 62.9 cm³/mol. The van der Waals surface area contributed by atoms with Gasteiger partial charge in [0.25, 0.3) is 0 Å². The second kappa shape index (κ2) is 3.47. The van der Waals surface area contributed by atoms with E-state index in [2.05, 4.69) is 19.2 Å². The molecule has 0 aromatic carbocycles. The number of aliphatic carboxylic acids is 1. The molecule has 3 atom stereocenters. The van der Waals surface area contributed by atoms with Gasteiger partial charge in [-0.1, -0.05) is 13.8 Å². The van der Waals surface area contributed by atoms with Crippen LogP contribution in [0.1, 0.15) is 33.1 Å². The third-order valence-corrected chi connectivity index (χ3v) is 4.98. The normalized spacial score (nSPS) is 38.4. The number of carbonyl (C=O) groups excluding carboxylic acids is 1. The van der Waals surface area contributed by atoms with Crippen LogP contribution < -0.4 is 5.32 Å². The van der Waals surface area contributed by atoms with Crippen LogP contribution in [0, 0.1) is 16.7 Å². The number of carbonyl (C=O) groups is 2. The topological polar surface area (TPSA) is 75.6 Å². The summed E-state index contributed by atoms with van der Waals surface area (Å²) in [7, 11) is 0. The van der Waals surface area contributed by atoms with Crippen LogP contribution in [0.25, 0.3) is 0 Å². The van der Waals surface area contributed by atoms with E-state index in [0.717, 1.165) is 13.0 Å². The summed E-state index contributed by atoms with van der Waals surface area (Å²) in [4.78, 5) is 23.2. The number of carboxylic acids is 1. The Balaban J connectivity index is 1.70. The Labute approximate surface area is 106 Å². The van der Waals surface area contributed by atoms with E-state index in [4.69, 9.17) is 9.84 Å². The number of fused-ring (bicyclic) bond motifs is 1. The van der Waals surface area contributed by atoms with Crippen molar-refractivity contribution in [2.75, 3.05) is 6.61 Å². The second-order valence-corrected chi connectivity index (χ2v) is 6.40. The first-order chi connectivity index (χ1) is 8.39. The third kappa shape index (κ3) is 1.37. The van der Waals surface area contributed by atoms with Crippen molar-refractivity contribution in [3.8, 4) is 0 Å². The summed E-state index contributed by atoms with van der Waals surface area (Å²) < 4.78 is 5.66. The molecule has 1 heterocycles. The molecule has 1 saturated heterocycles. The fourth-order valence-corrected chi connectivity index (χ4v) is 3.56. The van der Waals surface area contributed by atoms with Crippen LogP contribution in [0.2, 0.25) is 0 Å². The predicted octanol–water partition coefficient (Wildman–Crippen LogP) is 0.781. The van der Waals surface area contributed by atoms with Gasteiger partial charge in [-0.05, 0) is 19.3 Å². The molecule has 0 radical (unpaired) electrons. The van der Waals surface area contributed by atoms with E-state index in [-0.39, 0.29) is 23.5 Å². The third-order valence-electron chi connectivity index (χ3n) is 4.98. The highest BCUT2D eigenvalue weighted by Gasteiger charge is 2.63. The Hall–Kier alpha value is -1.10. The average Bonchev–Trinajstić information content (AvgIpc) is 2.99. The summed E-state index contributed by atoms with van der Waals surface area (Å²) in [6, 6.07) is 0.0503. The molecule has 1 amide bonds. The summed E-state index contributed by atoms with van der Waals surface area (Å²) in [5.74, 6) is -0.941. The van der Waals surface area contributed by atoms with Crippen molar-refractivity contribution in [2.45, 2.75) is 45.3 Å². The van der Waals surface area contributed by atoms with Crippen LogP contribution in [0.4, 0.5) is 0 Å². The molecule has 2 saturated carbocycles.